The molecule has 0 aromatic carbocycles. The molecule has 0 heterocycles. The summed E-state index contributed by atoms with van der Waals surface area (Å²) in [6, 6.07) is 0.953. The zero-order chi connectivity index (χ0) is 12.1. The van der Waals surface area contributed by atoms with Crippen LogP contribution in [0.15, 0.2) is 0 Å². The fraction of sp³-hybridized carbons (Fsp3) is 1.00. The second kappa shape index (κ2) is 6.75. The molecule has 17 heavy (non-hydrogen) atoms. The van der Waals surface area contributed by atoms with Gasteiger partial charge in [-0.25, -0.2) is 0 Å². The van der Waals surface area contributed by atoms with Crippen molar-refractivity contribution in [2.45, 2.75) is 64.3 Å². The van der Waals surface area contributed by atoms with E-state index in [1.54, 1.807) is 0 Å². The Hall–Kier alpha value is -0.0800. The van der Waals surface area contributed by atoms with Crippen molar-refractivity contribution >= 4 is 0 Å². The van der Waals surface area contributed by atoms with Crippen molar-refractivity contribution in [3.05, 3.63) is 0 Å². The summed E-state index contributed by atoms with van der Waals surface area (Å²) < 4.78 is 0. The Labute approximate surface area is 107 Å². The second-order valence-electron chi connectivity index (χ2n) is 6.20. The molecule has 0 unspecified atom stereocenters. The highest BCUT2D eigenvalue weighted by atomic mass is 15.2. The van der Waals surface area contributed by atoms with E-state index in [9.17, 15) is 0 Å². The van der Waals surface area contributed by atoms with Crippen molar-refractivity contribution in [3.8, 4) is 0 Å². The summed E-state index contributed by atoms with van der Waals surface area (Å²) >= 11 is 0. The molecule has 0 atom stereocenters. The summed E-state index contributed by atoms with van der Waals surface area (Å²) in [5, 5.41) is 0. The van der Waals surface area contributed by atoms with Gasteiger partial charge in [-0.1, -0.05) is 13.3 Å². The monoisotopic (exact) mass is 238 g/mol. The number of hydrogen-bond acceptors (Lipinski definition) is 2. The smallest absolute Gasteiger partial charge is 0.00965 e. The van der Waals surface area contributed by atoms with Crippen molar-refractivity contribution < 1.29 is 0 Å². The molecule has 2 aliphatic carbocycles. The summed E-state index contributed by atoms with van der Waals surface area (Å²) in [6.45, 7) is 5.94. The molecule has 0 aromatic heterocycles. The van der Waals surface area contributed by atoms with Crippen molar-refractivity contribution in [2.75, 3.05) is 19.6 Å². The molecule has 0 aliphatic heterocycles. The SMILES string of the molecule is CCCCN(CC1CCC(CN)CC1)C1CC1. The van der Waals surface area contributed by atoms with E-state index in [2.05, 4.69) is 11.8 Å². The number of nitrogens with zero attached hydrogens (tertiary/aromatic N) is 1. The second-order valence-corrected chi connectivity index (χ2v) is 6.20. The molecule has 0 radical (unpaired) electrons. The third kappa shape index (κ3) is 4.26. The number of nitrogens with two attached hydrogens (primary N) is 1. The lowest BCUT2D eigenvalue weighted by Gasteiger charge is -2.32. The minimum atomic E-state index is 0.830. The first-order valence-corrected chi connectivity index (χ1v) is 7.77. The zero-order valence-corrected chi connectivity index (χ0v) is 11.5. The highest BCUT2D eigenvalue weighted by Crippen LogP contribution is 2.33. The molecule has 2 N–H and O–H groups in total. The van der Waals surface area contributed by atoms with Gasteiger partial charge in [-0.15, -0.1) is 0 Å². The van der Waals surface area contributed by atoms with E-state index in [0.29, 0.717) is 0 Å². The van der Waals surface area contributed by atoms with Gasteiger partial charge in [0.25, 0.3) is 0 Å². The summed E-state index contributed by atoms with van der Waals surface area (Å²) in [7, 11) is 0. The van der Waals surface area contributed by atoms with Gasteiger partial charge in [-0.2, -0.15) is 0 Å². The van der Waals surface area contributed by atoms with Gasteiger partial charge in [-0.05, 0) is 69.9 Å². The molecule has 0 saturated heterocycles. The van der Waals surface area contributed by atoms with Crippen LogP contribution in [0.3, 0.4) is 0 Å². The molecular formula is C15H30N2. The quantitative estimate of drug-likeness (QED) is 0.739. The van der Waals surface area contributed by atoms with Gasteiger partial charge in [0.15, 0.2) is 0 Å². The van der Waals surface area contributed by atoms with E-state index in [-0.39, 0.29) is 0 Å². The van der Waals surface area contributed by atoms with E-state index in [1.165, 1.54) is 64.5 Å². The maximum absolute atomic E-state index is 5.76. The Balaban J connectivity index is 1.70. The highest BCUT2D eigenvalue weighted by molar-refractivity contribution is 4.86. The molecule has 0 aromatic rings. The van der Waals surface area contributed by atoms with Crippen molar-refractivity contribution in [3.63, 3.8) is 0 Å². The normalized spacial score (nSPS) is 29.8. The highest BCUT2D eigenvalue weighted by Gasteiger charge is 2.31. The summed E-state index contributed by atoms with van der Waals surface area (Å²) in [5.41, 5.74) is 5.76. The molecule has 0 bridgehead atoms. The fourth-order valence-corrected chi connectivity index (χ4v) is 3.21. The lowest BCUT2D eigenvalue weighted by molar-refractivity contribution is 0.173. The Morgan fingerprint density at radius 1 is 1.00 bits per heavy atom. The van der Waals surface area contributed by atoms with E-state index in [4.69, 9.17) is 5.73 Å². The molecular weight excluding hydrogens is 208 g/mol. The summed E-state index contributed by atoms with van der Waals surface area (Å²) in [6.07, 6.45) is 11.3. The molecule has 0 amide bonds. The predicted octanol–water partition coefficient (Wildman–Crippen LogP) is 3.02. The molecule has 0 spiro atoms. The first kappa shape index (κ1) is 13.4. The van der Waals surface area contributed by atoms with Crippen LogP contribution < -0.4 is 5.73 Å². The number of rotatable bonds is 7. The van der Waals surface area contributed by atoms with Gasteiger partial charge in [0.2, 0.25) is 0 Å². The largest absolute Gasteiger partial charge is 0.330 e. The van der Waals surface area contributed by atoms with Crippen LogP contribution in [0, 0.1) is 11.8 Å². The van der Waals surface area contributed by atoms with Crippen LogP contribution in [0.5, 0.6) is 0 Å². The van der Waals surface area contributed by atoms with Crippen molar-refractivity contribution in [2.24, 2.45) is 17.6 Å². The third-order valence-corrected chi connectivity index (χ3v) is 4.65. The standard InChI is InChI=1S/C15H30N2/c1-2-3-10-17(15-8-9-15)12-14-6-4-13(11-16)5-7-14/h13-15H,2-12,16H2,1H3. The molecule has 2 aliphatic rings. The first-order chi connectivity index (χ1) is 8.33. The lowest BCUT2D eigenvalue weighted by Crippen LogP contribution is -2.34. The van der Waals surface area contributed by atoms with E-state index in [0.717, 1.165) is 24.4 Å². The Morgan fingerprint density at radius 2 is 1.65 bits per heavy atom. The van der Waals surface area contributed by atoms with Gasteiger partial charge in [0, 0.05) is 12.6 Å². The Bertz CT molecular complexity index is 205. The van der Waals surface area contributed by atoms with Gasteiger partial charge in [0.1, 0.15) is 0 Å². The van der Waals surface area contributed by atoms with E-state index < -0.39 is 0 Å². The van der Waals surface area contributed by atoms with Gasteiger partial charge in [-0.3, -0.25) is 0 Å². The molecule has 2 saturated carbocycles. The average molecular weight is 238 g/mol. The molecule has 2 rings (SSSR count). The summed E-state index contributed by atoms with van der Waals surface area (Å²) in [4.78, 5) is 2.79. The summed E-state index contributed by atoms with van der Waals surface area (Å²) in [5.74, 6) is 1.80. The predicted molar refractivity (Wildman–Crippen MR) is 74.0 cm³/mol. The van der Waals surface area contributed by atoms with Crippen LogP contribution in [0.1, 0.15) is 58.3 Å². The van der Waals surface area contributed by atoms with Crippen LogP contribution in [0.25, 0.3) is 0 Å². The van der Waals surface area contributed by atoms with Gasteiger partial charge in [0.05, 0.1) is 0 Å². The Kier molecular flexibility index (Phi) is 5.30. The van der Waals surface area contributed by atoms with Crippen LogP contribution in [0.2, 0.25) is 0 Å². The molecule has 2 fully saturated rings. The number of hydrogen-bond donors (Lipinski definition) is 1. The van der Waals surface area contributed by atoms with Crippen molar-refractivity contribution in [1.82, 2.24) is 4.90 Å². The minimum absolute atomic E-state index is 0.830. The van der Waals surface area contributed by atoms with E-state index in [1.807, 2.05) is 0 Å². The van der Waals surface area contributed by atoms with E-state index >= 15 is 0 Å². The zero-order valence-electron chi connectivity index (χ0n) is 11.5. The minimum Gasteiger partial charge on any atom is -0.330 e. The topological polar surface area (TPSA) is 29.3 Å². The van der Waals surface area contributed by atoms with Gasteiger partial charge >= 0.3 is 0 Å². The fourth-order valence-electron chi connectivity index (χ4n) is 3.21. The molecule has 100 valence electrons. The van der Waals surface area contributed by atoms with Crippen LogP contribution >= 0.6 is 0 Å². The number of unbranched alkanes of at least 4 members (excludes halogenated alkanes) is 1. The Morgan fingerprint density at radius 3 is 2.18 bits per heavy atom. The van der Waals surface area contributed by atoms with Crippen molar-refractivity contribution in [1.29, 1.82) is 0 Å². The maximum Gasteiger partial charge on any atom is 0.00965 e. The molecule has 2 heteroatoms. The first-order valence-electron chi connectivity index (χ1n) is 7.77. The van der Waals surface area contributed by atoms with Gasteiger partial charge < -0.3 is 10.6 Å². The maximum atomic E-state index is 5.76. The molecule has 2 nitrogen and oxygen atoms in total. The van der Waals surface area contributed by atoms with Crippen LogP contribution in [-0.4, -0.2) is 30.6 Å². The van der Waals surface area contributed by atoms with Crippen LogP contribution in [-0.2, 0) is 0 Å². The third-order valence-electron chi connectivity index (χ3n) is 4.65. The lowest BCUT2D eigenvalue weighted by atomic mass is 9.82. The average Bonchev–Trinajstić information content (AvgIpc) is 3.19. The van der Waals surface area contributed by atoms with Crippen LogP contribution in [0.4, 0.5) is 0 Å².